The Balaban J connectivity index is 2.08. The highest BCUT2D eigenvalue weighted by Gasteiger charge is 2.08. The van der Waals surface area contributed by atoms with E-state index in [-0.39, 0.29) is 11.8 Å². The molecule has 2 aromatic rings. The van der Waals surface area contributed by atoms with E-state index in [9.17, 15) is 14.8 Å². The summed E-state index contributed by atoms with van der Waals surface area (Å²) in [5.41, 5.74) is 1.46. The molecule has 0 bridgehead atoms. The summed E-state index contributed by atoms with van der Waals surface area (Å²) in [6, 6.07) is 9.37. The van der Waals surface area contributed by atoms with Crippen LogP contribution in [0.4, 0.5) is 5.69 Å². The van der Waals surface area contributed by atoms with Gasteiger partial charge in [-0.05, 0) is 24.3 Å². The highest BCUT2D eigenvalue weighted by Crippen LogP contribution is 2.11. The number of hydrogen-bond donors (Lipinski definition) is 2. The van der Waals surface area contributed by atoms with Gasteiger partial charge in [0.05, 0.1) is 5.56 Å². The van der Waals surface area contributed by atoms with Gasteiger partial charge in [-0.1, -0.05) is 0 Å². The van der Waals surface area contributed by atoms with Crippen LogP contribution in [0.15, 0.2) is 48.8 Å². The van der Waals surface area contributed by atoms with Gasteiger partial charge in [0.15, 0.2) is 12.4 Å². The zero-order chi connectivity index (χ0) is 14.5. The quantitative estimate of drug-likeness (QED) is 0.643. The Morgan fingerprint density at radius 3 is 2.05 bits per heavy atom. The number of carbonyl (C=O) groups is 2. The largest absolute Gasteiger partial charge is 0.619 e. The lowest BCUT2D eigenvalue weighted by molar-refractivity contribution is -0.605. The zero-order valence-electron chi connectivity index (χ0n) is 10.8. The van der Waals surface area contributed by atoms with Crippen molar-refractivity contribution in [2.45, 2.75) is 0 Å². The Kier molecular flexibility index (Phi) is 3.95. The Morgan fingerprint density at radius 1 is 0.950 bits per heavy atom. The van der Waals surface area contributed by atoms with Crippen LogP contribution in [0.25, 0.3) is 0 Å². The molecule has 6 heteroatoms. The van der Waals surface area contributed by atoms with Gasteiger partial charge in [0.1, 0.15) is 0 Å². The van der Waals surface area contributed by atoms with Gasteiger partial charge in [0, 0.05) is 30.4 Å². The number of hydrogen-bond acceptors (Lipinski definition) is 3. The first-order valence-corrected chi connectivity index (χ1v) is 5.92. The first-order chi connectivity index (χ1) is 9.60. The molecule has 0 radical (unpaired) electrons. The zero-order valence-corrected chi connectivity index (χ0v) is 10.8. The summed E-state index contributed by atoms with van der Waals surface area (Å²) >= 11 is 0. The number of anilines is 1. The maximum absolute atomic E-state index is 11.9. The third-order valence-electron chi connectivity index (χ3n) is 2.70. The predicted molar refractivity (Wildman–Crippen MR) is 73.2 cm³/mol. The summed E-state index contributed by atoms with van der Waals surface area (Å²) in [6.07, 6.45) is 2.51. The van der Waals surface area contributed by atoms with Gasteiger partial charge in [0.25, 0.3) is 11.8 Å². The molecule has 0 unspecified atom stereocenters. The van der Waals surface area contributed by atoms with Crippen molar-refractivity contribution in [3.05, 3.63) is 65.1 Å². The van der Waals surface area contributed by atoms with Crippen LogP contribution in [0.1, 0.15) is 20.7 Å². The summed E-state index contributed by atoms with van der Waals surface area (Å²) in [5.74, 6) is -0.510. The van der Waals surface area contributed by atoms with E-state index in [0.717, 1.165) is 0 Å². The van der Waals surface area contributed by atoms with Gasteiger partial charge in [-0.2, -0.15) is 4.73 Å². The topological polar surface area (TPSA) is 85.1 Å². The molecule has 0 saturated heterocycles. The van der Waals surface area contributed by atoms with Gasteiger partial charge < -0.3 is 15.8 Å². The van der Waals surface area contributed by atoms with Crippen LogP contribution >= 0.6 is 0 Å². The van der Waals surface area contributed by atoms with Crippen LogP contribution in [0.3, 0.4) is 0 Å². The number of amides is 2. The molecule has 0 spiro atoms. The molecular weight excluding hydrogens is 258 g/mol. The monoisotopic (exact) mass is 271 g/mol. The third-order valence-corrected chi connectivity index (χ3v) is 2.70. The van der Waals surface area contributed by atoms with E-state index >= 15 is 0 Å². The van der Waals surface area contributed by atoms with Crippen LogP contribution in [-0.2, 0) is 0 Å². The number of carbonyl (C=O) groups excluding carboxylic acids is 2. The van der Waals surface area contributed by atoms with E-state index in [4.69, 9.17) is 0 Å². The molecule has 1 aromatic carbocycles. The molecule has 1 heterocycles. The van der Waals surface area contributed by atoms with Crippen molar-refractivity contribution in [3.63, 3.8) is 0 Å². The Bertz CT molecular complexity index is 621. The van der Waals surface area contributed by atoms with Crippen LogP contribution in [0.5, 0.6) is 0 Å². The fourth-order valence-electron chi connectivity index (χ4n) is 1.62. The van der Waals surface area contributed by atoms with Crippen LogP contribution in [0.2, 0.25) is 0 Å². The highest BCUT2D eigenvalue weighted by molar-refractivity contribution is 6.04. The first kappa shape index (κ1) is 13.5. The van der Waals surface area contributed by atoms with Crippen LogP contribution in [0, 0.1) is 5.21 Å². The van der Waals surface area contributed by atoms with Gasteiger partial charge in [0.2, 0.25) is 0 Å². The number of aromatic nitrogens is 1. The Labute approximate surface area is 115 Å². The second-order valence-corrected chi connectivity index (χ2v) is 4.06. The number of pyridine rings is 1. The second kappa shape index (κ2) is 5.83. The summed E-state index contributed by atoms with van der Waals surface area (Å²) in [7, 11) is 1.55. The van der Waals surface area contributed by atoms with E-state index in [1.165, 1.54) is 24.5 Å². The molecule has 0 aliphatic heterocycles. The maximum atomic E-state index is 11.9. The van der Waals surface area contributed by atoms with Crippen molar-refractivity contribution in [3.8, 4) is 0 Å². The fourth-order valence-corrected chi connectivity index (χ4v) is 1.62. The van der Waals surface area contributed by atoms with Crippen molar-refractivity contribution in [2.24, 2.45) is 0 Å². The lowest BCUT2D eigenvalue weighted by Gasteiger charge is -2.06. The average Bonchev–Trinajstić information content (AvgIpc) is 2.48. The van der Waals surface area contributed by atoms with E-state index in [1.54, 1.807) is 31.3 Å². The van der Waals surface area contributed by atoms with Gasteiger partial charge in [-0.25, -0.2) is 0 Å². The SMILES string of the molecule is CNC(=O)c1ccc(NC(=O)c2cc[n+]([O-])cc2)cc1. The molecule has 0 aliphatic rings. The van der Waals surface area contributed by atoms with Crippen molar-refractivity contribution in [1.82, 2.24) is 5.32 Å². The number of rotatable bonds is 3. The Hall–Kier alpha value is -2.89. The van der Waals surface area contributed by atoms with Crippen molar-refractivity contribution in [2.75, 3.05) is 12.4 Å². The fraction of sp³-hybridized carbons (Fsp3) is 0.0714. The second-order valence-electron chi connectivity index (χ2n) is 4.06. The summed E-state index contributed by atoms with van der Waals surface area (Å²) in [4.78, 5) is 23.3. The van der Waals surface area contributed by atoms with Crippen LogP contribution in [-0.4, -0.2) is 18.9 Å². The predicted octanol–water partition coefficient (Wildman–Crippen LogP) is 0.932. The van der Waals surface area contributed by atoms with Crippen molar-refractivity contribution < 1.29 is 14.3 Å². The molecule has 0 fully saturated rings. The molecule has 2 amide bonds. The van der Waals surface area contributed by atoms with Crippen molar-refractivity contribution in [1.29, 1.82) is 0 Å². The van der Waals surface area contributed by atoms with E-state index in [2.05, 4.69) is 10.6 Å². The molecule has 2 N–H and O–H groups in total. The summed E-state index contributed by atoms with van der Waals surface area (Å²) < 4.78 is 0.606. The molecule has 6 nitrogen and oxygen atoms in total. The molecular formula is C14H13N3O3. The van der Waals surface area contributed by atoms with E-state index in [1.807, 2.05) is 0 Å². The average molecular weight is 271 g/mol. The molecule has 20 heavy (non-hydrogen) atoms. The van der Waals surface area contributed by atoms with Gasteiger partial charge >= 0.3 is 0 Å². The molecule has 0 saturated carbocycles. The lowest BCUT2D eigenvalue weighted by Crippen LogP contribution is -2.25. The number of nitrogens with one attached hydrogen (secondary N) is 2. The normalized spacial score (nSPS) is 9.85. The smallest absolute Gasteiger partial charge is 0.256 e. The third kappa shape index (κ3) is 3.11. The first-order valence-electron chi connectivity index (χ1n) is 5.92. The van der Waals surface area contributed by atoms with Gasteiger partial charge in [-0.15, -0.1) is 0 Å². The minimum Gasteiger partial charge on any atom is -0.619 e. The summed E-state index contributed by atoms with van der Waals surface area (Å²) in [5, 5.41) is 16.1. The number of nitrogens with zero attached hydrogens (tertiary/aromatic N) is 1. The highest BCUT2D eigenvalue weighted by atomic mass is 16.5. The summed E-state index contributed by atoms with van der Waals surface area (Å²) in [6.45, 7) is 0. The molecule has 1 aromatic heterocycles. The van der Waals surface area contributed by atoms with Gasteiger partial charge in [-0.3, -0.25) is 9.59 Å². The minimum atomic E-state index is -0.321. The van der Waals surface area contributed by atoms with E-state index < -0.39 is 0 Å². The lowest BCUT2D eigenvalue weighted by atomic mass is 10.2. The van der Waals surface area contributed by atoms with Crippen LogP contribution < -0.4 is 15.4 Å². The minimum absolute atomic E-state index is 0.189. The number of benzene rings is 1. The molecule has 0 atom stereocenters. The standard InChI is InChI=1S/C14H13N3O3/c1-15-13(18)10-2-4-12(5-3-10)16-14(19)11-6-8-17(20)9-7-11/h2-9H,1H3,(H,15,18)(H,16,19). The molecule has 0 aliphatic carbocycles. The van der Waals surface area contributed by atoms with E-state index in [0.29, 0.717) is 21.5 Å². The molecule has 102 valence electrons. The van der Waals surface area contributed by atoms with Crippen molar-refractivity contribution >= 4 is 17.5 Å². The Morgan fingerprint density at radius 2 is 1.50 bits per heavy atom. The molecule has 2 rings (SSSR count). The maximum Gasteiger partial charge on any atom is 0.256 e.